The second kappa shape index (κ2) is 6.90. The number of aldehydes is 1. The molecule has 0 aliphatic carbocycles. The van der Waals surface area contributed by atoms with Gasteiger partial charge in [0, 0.05) is 0 Å². The van der Waals surface area contributed by atoms with Crippen LogP contribution in [0, 0.1) is 0 Å². The third kappa shape index (κ3) is 3.92. The molecule has 0 amide bonds. The highest BCUT2D eigenvalue weighted by atomic mass is 16.1. The molecule has 0 spiro atoms. The quantitative estimate of drug-likeness (QED) is 0.751. The SMILES string of the molecule is O=CC1N=NN=N1.c1ccc(-c2ccccc2)cc1. The zero-order valence-corrected chi connectivity index (χ0v) is 10.1. The number of rotatable bonds is 2. The zero-order valence-electron chi connectivity index (χ0n) is 10.1. The van der Waals surface area contributed by atoms with E-state index in [0.29, 0.717) is 6.29 Å². The second-order valence-corrected chi connectivity index (χ2v) is 3.69. The molecule has 0 fully saturated rings. The molecular formula is C14H12N4O. The van der Waals surface area contributed by atoms with Gasteiger partial charge in [0.15, 0.2) is 6.29 Å². The van der Waals surface area contributed by atoms with Crippen molar-refractivity contribution >= 4 is 6.29 Å². The lowest BCUT2D eigenvalue weighted by molar-refractivity contribution is -0.108. The van der Waals surface area contributed by atoms with Gasteiger partial charge in [-0.1, -0.05) is 60.7 Å². The fourth-order valence-electron chi connectivity index (χ4n) is 1.49. The molecule has 1 heterocycles. The van der Waals surface area contributed by atoms with Crippen LogP contribution in [0.15, 0.2) is 81.3 Å². The van der Waals surface area contributed by atoms with Gasteiger partial charge in [-0.05, 0) is 21.6 Å². The lowest BCUT2D eigenvalue weighted by Gasteiger charge is -1.98. The summed E-state index contributed by atoms with van der Waals surface area (Å²) in [6, 6.07) is 20.8. The Kier molecular flexibility index (Phi) is 4.64. The van der Waals surface area contributed by atoms with E-state index in [2.05, 4.69) is 69.2 Å². The van der Waals surface area contributed by atoms with Gasteiger partial charge in [-0.25, -0.2) is 0 Å². The Morgan fingerprint density at radius 3 is 1.47 bits per heavy atom. The van der Waals surface area contributed by atoms with Crippen molar-refractivity contribution in [2.24, 2.45) is 20.7 Å². The van der Waals surface area contributed by atoms with Gasteiger partial charge < -0.3 is 0 Å². The van der Waals surface area contributed by atoms with E-state index in [1.54, 1.807) is 0 Å². The first kappa shape index (κ1) is 12.8. The number of nitrogens with zero attached hydrogens (tertiary/aromatic N) is 4. The van der Waals surface area contributed by atoms with Gasteiger partial charge in [0.05, 0.1) is 0 Å². The van der Waals surface area contributed by atoms with E-state index in [4.69, 9.17) is 0 Å². The van der Waals surface area contributed by atoms with Crippen LogP contribution in [-0.4, -0.2) is 12.5 Å². The monoisotopic (exact) mass is 252 g/mol. The highest BCUT2D eigenvalue weighted by molar-refractivity contribution is 5.62. The molecule has 94 valence electrons. The fraction of sp³-hybridized carbons (Fsp3) is 0.0714. The zero-order chi connectivity index (χ0) is 13.3. The van der Waals surface area contributed by atoms with Crippen LogP contribution in [-0.2, 0) is 4.79 Å². The Morgan fingerprint density at radius 2 is 1.16 bits per heavy atom. The molecule has 1 aliphatic rings. The summed E-state index contributed by atoms with van der Waals surface area (Å²) in [5.74, 6) is 0. The van der Waals surface area contributed by atoms with E-state index in [1.807, 2.05) is 12.1 Å². The number of carbonyl (C=O) groups excluding carboxylic acids is 1. The van der Waals surface area contributed by atoms with Crippen molar-refractivity contribution < 1.29 is 4.79 Å². The number of carbonyl (C=O) groups is 1. The van der Waals surface area contributed by atoms with Gasteiger partial charge in [-0.3, -0.25) is 4.79 Å². The predicted molar refractivity (Wildman–Crippen MR) is 71.4 cm³/mol. The van der Waals surface area contributed by atoms with E-state index >= 15 is 0 Å². The van der Waals surface area contributed by atoms with Crippen molar-refractivity contribution in [2.75, 3.05) is 0 Å². The van der Waals surface area contributed by atoms with Crippen LogP contribution in [0.3, 0.4) is 0 Å². The van der Waals surface area contributed by atoms with E-state index in [9.17, 15) is 4.79 Å². The van der Waals surface area contributed by atoms with E-state index in [1.165, 1.54) is 11.1 Å². The minimum Gasteiger partial charge on any atom is -0.299 e. The summed E-state index contributed by atoms with van der Waals surface area (Å²) in [6.45, 7) is 0. The van der Waals surface area contributed by atoms with Crippen molar-refractivity contribution in [1.82, 2.24) is 0 Å². The summed E-state index contributed by atoms with van der Waals surface area (Å²) in [6.07, 6.45) is -0.0972. The third-order valence-corrected chi connectivity index (χ3v) is 2.38. The first-order chi connectivity index (χ1) is 9.40. The van der Waals surface area contributed by atoms with Crippen LogP contribution >= 0.6 is 0 Å². The van der Waals surface area contributed by atoms with Crippen LogP contribution < -0.4 is 0 Å². The maximum atomic E-state index is 9.70. The second-order valence-electron chi connectivity index (χ2n) is 3.69. The maximum Gasteiger partial charge on any atom is 0.239 e. The van der Waals surface area contributed by atoms with E-state index in [-0.39, 0.29) is 0 Å². The van der Waals surface area contributed by atoms with Gasteiger partial charge in [0.2, 0.25) is 6.17 Å². The van der Waals surface area contributed by atoms with Gasteiger partial charge in [-0.2, -0.15) is 0 Å². The molecule has 0 saturated carbocycles. The lowest BCUT2D eigenvalue weighted by atomic mass is 10.1. The van der Waals surface area contributed by atoms with Crippen molar-refractivity contribution in [2.45, 2.75) is 6.17 Å². The molecule has 0 atom stereocenters. The highest BCUT2D eigenvalue weighted by Crippen LogP contribution is 2.17. The molecule has 0 bridgehead atoms. The summed E-state index contributed by atoms with van der Waals surface area (Å²) in [7, 11) is 0. The molecule has 5 nitrogen and oxygen atoms in total. The number of hydrogen-bond donors (Lipinski definition) is 0. The van der Waals surface area contributed by atoms with Crippen LogP contribution in [0.1, 0.15) is 0 Å². The number of hydrogen-bond acceptors (Lipinski definition) is 5. The maximum absolute atomic E-state index is 9.70. The smallest absolute Gasteiger partial charge is 0.239 e. The average molecular weight is 252 g/mol. The van der Waals surface area contributed by atoms with Crippen molar-refractivity contribution in [3.8, 4) is 11.1 Å². The van der Waals surface area contributed by atoms with Gasteiger partial charge in [0.1, 0.15) is 0 Å². The standard InChI is InChI=1S/C12H10.C2H2N4O/c1-3-7-11(8-4-1)12-9-5-2-6-10-12;7-1-2-3-5-6-4-2/h1-10H;1-2H. The Hall–Kier alpha value is -2.69. The molecule has 0 saturated heterocycles. The van der Waals surface area contributed by atoms with Crippen LogP contribution in [0.2, 0.25) is 0 Å². The number of benzene rings is 2. The predicted octanol–water partition coefficient (Wildman–Crippen LogP) is 3.70. The minimum atomic E-state index is -0.667. The first-order valence-corrected chi connectivity index (χ1v) is 5.76. The lowest BCUT2D eigenvalue weighted by Crippen LogP contribution is -1.94. The summed E-state index contributed by atoms with van der Waals surface area (Å²) in [5, 5.41) is 12.7. The Morgan fingerprint density at radius 1 is 0.737 bits per heavy atom. The van der Waals surface area contributed by atoms with Crippen molar-refractivity contribution in [1.29, 1.82) is 0 Å². The van der Waals surface area contributed by atoms with Crippen LogP contribution in [0.5, 0.6) is 0 Å². The van der Waals surface area contributed by atoms with Crippen LogP contribution in [0.25, 0.3) is 11.1 Å². The molecule has 5 heteroatoms. The molecule has 3 rings (SSSR count). The molecule has 1 aliphatic heterocycles. The molecular weight excluding hydrogens is 240 g/mol. The summed E-state index contributed by atoms with van der Waals surface area (Å²) in [4.78, 5) is 9.70. The van der Waals surface area contributed by atoms with Gasteiger partial charge in [-0.15, -0.1) is 10.2 Å². The van der Waals surface area contributed by atoms with Crippen LogP contribution in [0.4, 0.5) is 0 Å². The molecule has 0 aromatic heterocycles. The minimum absolute atomic E-state index is 0.569. The summed E-state index contributed by atoms with van der Waals surface area (Å²) in [5.41, 5.74) is 2.55. The normalized spacial score (nSPS) is 12.8. The third-order valence-electron chi connectivity index (χ3n) is 2.38. The Bertz CT molecular complexity index is 517. The van der Waals surface area contributed by atoms with Gasteiger partial charge in [0.25, 0.3) is 0 Å². The molecule has 2 aromatic carbocycles. The molecule has 2 aromatic rings. The van der Waals surface area contributed by atoms with Crippen molar-refractivity contribution in [3.05, 3.63) is 60.7 Å². The average Bonchev–Trinajstić information content (AvgIpc) is 3.03. The Balaban J connectivity index is 0.000000163. The topological polar surface area (TPSA) is 66.5 Å². The fourth-order valence-corrected chi connectivity index (χ4v) is 1.49. The summed E-state index contributed by atoms with van der Waals surface area (Å²) < 4.78 is 0. The van der Waals surface area contributed by atoms with Crippen molar-refractivity contribution in [3.63, 3.8) is 0 Å². The molecule has 19 heavy (non-hydrogen) atoms. The highest BCUT2D eigenvalue weighted by Gasteiger charge is 2.03. The first-order valence-electron chi connectivity index (χ1n) is 5.76. The van der Waals surface area contributed by atoms with E-state index in [0.717, 1.165) is 0 Å². The Labute approximate surface area is 110 Å². The summed E-state index contributed by atoms with van der Waals surface area (Å²) >= 11 is 0. The van der Waals surface area contributed by atoms with Gasteiger partial charge >= 0.3 is 0 Å². The molecule has 0 radical (unpaired) electrons. The largest absolute Gasteiger partial charge is 0.299 e. The molecule has 0 unspecified atom stereocenters. The van der Waals surface area contributed by atoms with E-state index < -0.39 is 6.17 Å². The molecule has 0 N–H and O–H groups in total.